The van der Waals surface area contributed by atoms with Crippen molar-refractivity contribution in [2.24, 2.45) is 0 Å². The molecule has 1 aliphatic rings. The van der Waals surface area contributed by atoms with Gasteiger partial charge in [-0.2, -0.15) is 17.5 Å². The summed E-state index contributed by atoms with van der Waals surface area (Å²) in [6, 6.07) is 7.13. The van der Waals surface area contributed by atoms with Crippen LogP contribution in [0.1, 0.15) is 41.6 Å². The number of carbonyl (C=O) groups excluding carboxylic acids is 1. The van der Waals surface area contributed by atoms with E-state index in [9.17, 15) is 30.8 Å². The van der Waals surface area contributed by atoms with Crippen molar-refractivity contribution in [3.05, 3.63) is 59.4 Å². The molecule has 2 aromatic carbocycles. The molecule has 1 aliphatic heterocycles. The summed E-state index contributed by atoms with van der Waals surface area (Å²) in [5, 5.41) is 2.13. The molecule has 1 N–H and O–H groups in total. The van der Waals surface area contributed by atoms with Crippen LogP contribution in [0.25, 0.3) is 0 Å². The number of nitrogens with one attached hydrogen (secondary N) is 1. The Kier molecular flexibility index (Phi) is 6.47. The predicted octanol–water partition coefficient (Wildman–Crippen LogP) is 4.66. The van der Waals surface area contributed by atoms with Crippen LogP contribution >= 0.6 is 0 Å². The largest absolute Gasteiger partial charge is 0.418 e. The van der Waals surface area contributed by atoms with Crippen molar-refractivity contribution in [1.82, 2.24) is 4.31 Å². The lowest BCUT2D eigenvalue weighted by atomic mass is 10.1. The number of anilines is 1. The molecule has 1 heterocycles. The van der Waals surface area contributed by atoms with E-state index in [1.807, 2.05) is 0 Å². The lowest BCUT2D eigenvalue weighted by molar-refractivity contribution is -0.136. The number of rotatable bonds is 4. The number of nitrogens with zero attached hydrogens (tertiary/aromatic N) is 1. The monoisotopic (exact) mass is 444 g/mol. The molecule has 0 aromatic heterocycles. The van der Waals surface area contributed by atoms with E-state index in [0.717, 1.165) is 43.2 Å². The van der Waals surface area contributed by atoms with Gasteiger partial charge in [-0.1, -0.05) is 25.0 Å². The van der Waals surface area contributed by atoms with Gasteiger partial charge < -0.3 is 5.32 Å². The van der Waals surface area contributed by atoms with Crippen molar-refractivity contribution in [2.75, 3.05) is 18.4 Å². The van der Waals surface area contributed by atoms with Crippen molar-refractivity contribution in [2.45, 2.75) is 36.8 Å². The van der Waals surface area contributed by atoms with E-state index in [1.54, 1.807) is 0 Å². The Balaban J connectivity index is 1.91. The topological polar surface area (TPSA) is 66.5 Å². The average Bonchev–Trinajstić information content (AvgIpc) is 2.98. The van der Waals surface area contributed by atoms with Crippen LogP contribution in [0.15, 0.2) is 47.4 Å². The molecule has 0 atom stereocenters. The Hall–Kier alpha value is -2.46. The van der Waals surface area contributed by atoms with Crippen molar-refractivity contribution in [3.63, 3.8) is 0 Å². The molecule has 1 saturated heterocycles. The number of amides is 1. The summed E-state index contributed by atoms with van der Waals surface area (Å²) in [5.74, 6) is -1.99. The first-order valence-electron chi connectivity index (χ1n) is 9.38. The van der Waals surface area contributed by atoms with E-state index < -0.39 is 44.1 Å². The van der Waals surface area contributed by atoms with E-state index in [1.165, 1.54) is 16.4 Å². The predicted molar refractivity (Wildman–Crippen MR) is 103 cm³/mol. The van der Waals surface area contributed by atoms with Crippen LogP contribution in [-0.4, -0.2) is 31.7 Å². The number of hydrogen-bond acceptors (Lipinski definition) is 3. The van der Waals surface area contributed by atoms with Crippen LogP contribution in [-0.2, 0) is 16.2 Å². The summed E-state index contributed by atoms with van der Waals surface area (Å²) >= 11 is 0. The van der Waals surface area contributed by atoms with Crippen LogP contribution < -0.4 is 5.32 Å². The number of sulfonamides is 1. The SMILES string of the molecule is O=C(Nc1ccccc1C(F)(F)F)c1ccc(F)c(S(=O)(=O)N2CCCCCC2)c1. The Morgan fingerprint density at radius 2 is 1.60 bits per heavy atom. The fraction of sp³-hybridized carbons (Fsp3) is 0.350. The zero-order chi connectivity index (χ0) is 21.9. The molecule has 3 rings (SSSR count). The summed E-state index contributed by atoms with van der Waals surface area (Å²) in [6.07, 6.45) is -1.65. The number of benzene rings is 2. The lowest BCUT2D eigenvalue weighted by Crippen LogP contribution is -2.32. The van der Waals surface area contributed by atoms with E-state index in [4.69, 9.17) is 0 Å². The van der Waals surface area contributed by atoms with Gasteiger partial charge in [-0.05, 0) is 43.2 Å². The third-order valence-corrected chi connectivity index (χ3v) is 6.77. The average molecular weight is 444 g/mol. The highest BCUT2D eigenvalue weighted by Gasteiger charge is 2.34. The molecule has 1 amide bonds. The molecule has 0 unspecified atom stereocenters. The molecule has 2 aromatic rings. The van der Waals surface area contributed by atoms with E-state index >= 15 is 0 Å². The molecule has 0 radical (unpaired) electrons. The first-order valence-corrected chi connectivity index (χ1v) is 10.8. The Labute approximate surface area is 171 Å². The molecular weight excluding hydrogens is 424 g/mol. The van der Waals surface area contributed by atoms with Gasteiger partial charge >= 0.3 is 6.18 Å². The fourth-order valence-corrected chi connectivity index (χ4v) is 4.90. The van der Waals surface area contributed by atoms with Gasteiger partial charge in [0.05, 0.1) is 11.3 Å². The zero-order valence-corrected chi connectivity index (χ0v) is 16.7. The summed E-state index contributed by atoms with van der Waals surface area (Å²) in [7, 11) is -4.18. The molecule has 0 aliphatic carbocycles. The molecular formula is C20H20F4N2O3S. The van der Waals surface area contributed by atoms with Gasteiger partial charge in [-0.3, -0.25) is 4.79 Å². The Morgan fingerprint density at radius 3 is 2.23 bits per heavy atom. The minimum absolute atomic E-state index is 0.247. The third-order valence-electron chi connectivity index (χ3n) is 4.86. The maximum Gasteiger partial charge on any atom is 0.418 e. The first kappa shape index (κ1) is 22.2. The van der Waals surface area contributed by atoms with Crippen LogP contribution in [0.2, 0.25) is 0 Å². The highest BCUT2D eigenvalue weighted by atomic mass is 32.2. The van der Waals surface area contributed by atoms with E-state index in [2.05, 4.69) is 5.32 Å². The van der Waals surface area contributed by atoms with Gasteiger partial charge in [-0.25, -0.2) is 12.8 Å². The summed E-state index contributed by atoms with van der Waals surface area (Å²) in [6.45, 7) is 0.494. The van der Waals surface area contributed by atoms with E-state index in [-0.39, 0.29) is 18.7 Å². The molecule has 0 saturated carbocycles. The third kappa shape index (κ3) is 4.81. The zero-order valence-electron chi connectivity index (χ0n) is 15.9. The van der Waals surface area contributed by atoms with Crippen molar-refractivity contribution < 1.29 is 30.8 Å². The van der Waals surface area contributed by atoms with Crippen LogP contribution in [0.4, 0.5) is 23.2 Å². The number of alkyl halides is 3. The highest BCUT2D eigenvalue weighted by molar-refractivity contribution is 7.89. The van der Waals surface area contributed by atoms with Crippen LogP contribution in [0.3, 0.4) is 0 Å². The highest BCUT2D eigenvalue weighted by Crippen LogP contribution is 2.35. The van der Waals surface area contributed by atoms with Crippen molar-refractivity contribution in [3.8, 4) is 0 Å². The Morgan fingerprint density at radius 1 is 0.967 bits per heavy atom. The maximum atomic E-state index is 14.3. The summed E-state index contributed by atoms with van der Waals surface area (Å²) in [5.41, 5.74) is -1.78. The van der Waals surface area contributed by atoms with E-state index in [0.29, 0.717) is 12.8 Å². The van der Waals surface area contributed by atoms with Gasteiger partial charge in [0, 0.05) is 18.7 Å². The van der Waals surface area contributed by atoms with Gasteiger partial charge in [0.1, 0.15) is 10.7 Å². The molecule has 10 heteroatoms. The van der Waals surface area contributed by atoms with Crippen LogP contribution in [0.5, 0.6) is 0 Å². The molecule has 162 valence electrons. The lowest BCUT2D eigenvalue weighted by Gasteiger charge is -2.20. The first-order chi connectivity index (χ1) is 14.1. The molecule has 5 nitrogen and oxygen atoms in total. The molecule has 30 heavy (non-hydrogen) atoms. The van der Waals surface area contributed by atoms with Crippen molar-refractivity contribution >= 4 is 21.6 Å². The maximum absolute atomic E-state index is 14.3. The minimum Gasteiger partial charge on any atom is -0.321 e. The molecule has 1 fully saturated rings. The second kappa shape index (κ2) is 8.73. The van der Waals surface area contributed by atoms with Gasteiger partial charge in [0.25, 0.3) is 5.91 Å². The second-order valence-corrected chi connectivity index (χ2v) is 8.87. The standard InChI is InChI=1S/C20H20F4N2O3S/c21-16-10-9-14(13-18(16)30(28,29)26-11-5-1-2-6-12-26)19(27)25-17-8-4-3-7-15(17)20(22,23)24/h3-4,7-10,13H,1-2,5-6,11-12H2,(H,25,27). The second-order valence-electron chi connectivity index (χ2n) is 6.96. The molecule has 0 bridgehead atoms. The van der Waals surface area contributed by atoms with Gasteiger partial charge in [0.2, 0.25) is 10.0 Å². The normalized spacial score (nSPS) is 16.1. The summed E-state index contributed by atoms with van der Waals surface area (Å²) in [4.78, 5) is 11.8. The molecule has 0 spiro atoms. The summed E-state index contributed by atoms with van der Waals surface area (Å²) < 4.78 is 80.7. The number of para-hydroxylation sites is 1. The number of hydrogen-bond donors (Lipinski definition) is 1. The fourth-order valence-electron chi connectivity index (χ4n) is 3.30. The van der Waals surface area contributed by atoms with Gasteiger partial charge in [0.15, 0.2) is 0 Å². The minimum atomic E-state index is -4.69. The van der Waals surface area contributed by atoms with Crippen molar-refractivity contribution in [1.29, 1.82) is 0 Å². The Bertz CT molecular complexity index is 1030. The van der Waals surface area contributed by atoms with Gasteiger partial charge in [-0.15, -0.1) is 0 Å². The van der Waals surface area contributed by atoms with Crippen LogP contribution in [0, 0.1) is 5.82 Å². The number of halogens is 4. The smallest absolute Gasteiger partial charge is 0.321 e. The number of carbonyl (C=O) groups is 1. The quantitative estimate of drug-likeness (QED) is 0.698.